The molecule has 1 heterocycles. The van der Waals surface area contributed by atoms with Crippen LogP contribution in [0.1, 0.15) is 43.0 Å². The van der Waals surface area contributed by atoms with E-state index in [1.807, 2.05) is 30.3 Å². The van der Waals surface area contributed by atoms with Crippen molar-refractivity contribution in [3.8, 4) is 11.4 Å². The third-order valence-corrected chi connectivity index (χ3v) is 4.85. The molecule has 1 aromatic heterocycles. The summed E-state index contributed by atoms with van der Waals surface area (Å²) in [5, 5.41) is 0. The monoisotopic (exact) mass is 307 g/mol. The summed E-state index contributed by atoms with van der Waals surface area (Å²) in [4.78, 5) is 23.8. The number of hydrogen-bond acceptors (Lipinski definition) is 3. The predicted octanol–water partition coefficient (Wildman–Crippen LogP) is 3.55. The number of nitrogens with zero attached hydrogens (tertiary/aromatic N) is 3. The Labute approximate surface area is 136 Å². The minimum atomic E-state index is 0.0894. The van der Waals surface area contributed by atoms with Crippen LogP contribution < -0.4 is 0 Å². The van der Waals surface area contributed by atoms with Gasteiger partial charge in [-0.15, -0.1) is 0 Å². The number of carbonyl (C=O) groups excluding carboxylic acids is 1. The molecule has 0 spiro atoms. The van der Waals surface area contributed by atoms with Gasteiger partial charge >= 0.3 is 0 Å². The van der Waals surface area contributed by atoms with Gasteiger partial charge in [0.15, 0.2) is 5.82 Å². The minimum Gasteiger partial charge on any atom is -0.333 e. The van der Waals surface area contributed by atoms with E-state index in [1.54, 1.807) is 12.4 Å². The van der Waals surface area contributed by atoms with Crippen LogP contribution in [-0.2, 0) is 0 Å². The van der Waals surface area contributed by atoms with Crippen LogP contribution in [0.5, 0.6) is 0 Å². The Kier molecular flexibility index (Phi) is 3.60. The van der Waals surface area contributed by atoms with Gasteiger partial charge in [-0.05, 0) is 38.5 Å². The van der Waals surface area contributed by atoms with Crippen LogP contribution in [0.3, 0.4) is 0 Å². The lowest BCUT2D eigenvalue weighted by Crippen LogP contribution is -2.41. The minimum absolute atomic E-state index is 0.0894. The highest BCUT2D eigenvalue weighted by atomic mass is 16.2. The van der Waals surface area contributed by atoms with Crippen LogP contribution in [-0.4, -0.2) is 32.9 Å². The molecule has 4 heteroatoms. The molecule has 0 bridgehead atoms. The van der Waals surface area contributed by atoms with Crippen molar-refractivity contribution in [3.63, 3.8) is 0 Å². The fraction of sp³-hybridized carbons (Fsp3) is 0.421. The molecule has 1 atom stereocenters. The molecule has 2 saturated carbocycles. The fourth-order valence-electron chi connectivity index (χ4n) is 3.17. The van der Waals surface area contributed by atoms with Crippen molar-refractivity contribution < 1.29 is 4.79 Å². The van der Waals surface area contributed by atoms with E-state index in [0.29, 0.717) is 29.4 Å². The summed E-state index contributed by atoms with van der Waals surface area (Å²) in [5.41, 5.74) is 1.57. The van der Waals surface area contributed by atoms with E-state index >= 15 is 0 Å². The van der Waals surface area contributed by atoms with Crippen LogP contribution in [0.2, 0.25) is 0 Å². The molecular weight excluding hydrogens is 286 g/mol. The highest BCUT2D eigenvalue weighted by Gasteiger charge is 2.42. The summed E-state index contributed by atoms with van der Waals surface area (Å²) in [7, 11) is 0. The topological polar surface area (TPSA) is 46.1 Å². The molecule has 23 heavy (non-hydrogen) atoms. The summed E-state index contributed by atoms with van der Waals surface area (Å²) in [6, 6.07) is 10.6. The second-order valence-corrected chi connectivity index (χ2v) is 6.68. The second-order valence-electron chi connectivity index (χ2n) is 6.68. The van der Waals surface area contributed by atoms with Gasteiger partial charge in [-0.25, -0.2) is 9.97 Å². The zero-order chi connectivity index (χ0) is 15.8. The Balaban J connectivity index is 1.55. The SMILES string of the molecule is CC(C1CC1)N(C(=O)c1cnc(-c2ccccc2)nc1)C1CC1. The first-order chi connectivity index (χ1) is 11.2. The molecule has 4 rings (SSSR count). The maximum Gasteiger partial charge on any atom is 0.257 e. The molecule has 1 aromatic carbocycles. The van der Waals surface area contributed by atoms with Crippen molar-refractivity contribution in [3.05, 3.63) is 48.3 Å². The lowest BCUT2D eigenvalue weighted by Gasteiger charge is -2.29. The van der Waals surface area contributed by atoms with Crippen LogP contribution in [0, 0.1) is 5.92 Å². The molecule has 4 nitrogen and oxygen atoms in total. The standard InChI is InChI=1S/C19H21N3O/c1-13(14-7-8-14)22(17-9-10-17)19(23)16-11-20-18(21-12-16)15-5-3-2-4-6-15/h2-6,11-14,17H,7-10H2,1H3. The maximum atomic E-state index is 12.9. The third kappa shape index (κ3) is 2.98. The number of rotatable bonds is 5. The average molecular weight is 307 g/mol. The fourth-order valence-corrected chi connectivity index (χ4v) is 3.17. The van der Waals surface area contributed by atoms with E-state index in [2.05, 4.69) is 21.8 Å². The summed E-state index contributed by atoms with van der Waals surface area (Å²) in [6.45, 7) is 2.19. The van der Waals surface area contributed by atoms with Gasteiger partial charge in [0.2, 0.25) is 0 Å². The van der Waals surface area contributed by atoms with Gasteiger partial charge in [-0.3, -0.25) is 4.79 Å². The largest absolute Gasteiger partial charge is 0.333 e. The van der Waals surface area contributed by atoms with Crippen LogP contribution in [0.15, 0.2) is 42.7 Å². The first-order valence-corrected chi connectivity index (χ1v) is 8.44. The predicted molar refractivity (Wildman–Crippen MR) is 88.8 cm³/mol. The van der Waals surface area contributed by atoms with Crippen LogP contribution in [0.25, 0.3) is 11.4 Å². The Bertz CT molecular complexity index is 690. The number of aromatic nitrogens is 2. The highest BCUT2D eigenvalue weighted by Crippen LogP contribution is 2.40. The second kappa shape index (κ2) is 5.76. The number of amides is 1. The van der Waals surface area contributed by atoms with Crippen molar-refractivity contribution in [2.24, 2.45) is 5.92 Å². The lowest BCUT2D eigenvalue weighted by molar-refractivity contribution is 0.0653. The molecule has 0 N–H and O–H groups in total. The Hall–Kier alpha value is -2.23. The highest BCUT2D eigenvalue weighted by molar-refractivity contribution is 5.94. The maximum absolute atomic E-state index is 12.9. The van der Waals surface area contributed by atoms with E-state index in [9.17, 15) is 4.79 Å². The smallest absolute Gasteiger partial charge is 0.257 e. The van der Waals surface area contributed by atoms with Gasteiger partial charge in [0.25, 0.3) is 5.91 Å². The van der Waals surface area contributed by atoms with E-state index in [-0.39, 0.29) is 5.91 Å². The van der Waals surface area contributed by atoms with E-state index in [1.165, 1.54) is 12.8 Å². The van der Waals surface area contributed by atoms with Crippen molar-refractivity contribution in [2.45, 2.75) is 44.7 Å². The van der Waals surface area contributed by atoms with Crippen molar-refractivity contribution in [1.29, 1.82) is 0 Å². The summed E-state index contributed by atoms with van der Waals surface area (Å²) >= 11 is 0. The quantitative estimate of drug-likeness (QED) is 0.848. The van der Waals surface area contributed by atoms with Gasteiger partial charge < -0.3 is 4.90 Å². The van der Waals surface area contributed by atoms with Gasteiger partial charge in [0, 0.05) is 30.0 Å². The lowest BCUT2D eigenvalue weighted by atomic mass is 10.1. The zero-order valence-corrected chi connectivity index (χ0v) is 13.4. The summed E-state index contributed by atoms with van der Waals surface area (Å²) in [6.07, 6.45) is 8.11. The normalized spacial score (nSPS) is 18.5. The molecule has 2 aliphatic carbocycles. The molecule has 2 aliphatic rings. The first-order valence-electron chi connectivity index (χ1n) is 8.44. The Morgan fingerprint density at radius 2 is 1.74 bits per heavy atom. The van der Waals surface area contributed by atoms with E-state index in [0.717, 1.165) is 18.4 Å². The number of benzene rings is 1. The number of hydrogen-bond donors (Lipinski definition) is 0. The van der Waals surface area contributed by atoms with Crippen molar-refractivity contribution in [1.82, 2.24) is 14.9 Å². The molecule has 2 fully saturated rings. The molecule has 1 amide bonds. The molecule has 0 aliphatic heterocycles. The summed E-state index contributed by atoms with van der Waals surface area (Å²) < 4.78 is 0. The van der Waals surface area contributed by atoms with E-state index < -0.39 is 0 Å². The van der Waals surface area contributed by atoms with Gasteiger partial charge in [0.1, 0.15) is 0 Å². The average Bonchev–Trinajstić information content (AvgIpc) is 3.49. The van der Waals surface area contributed by atoms with E-state index in [4.69, 9.17) is 0 Å². The molecule has 0 radical (unpaired) electrons. The van der Waals surface area contributed by atoms with Crippen LogP contribution in [0.4, 0.5) is 0 Å². The molecular formula is C19H21N3O. The number of carbonyl (C=O) groups is 1. The van der Waals surface area contributed by atoms with Crippen molar-refractivity contribution in [2.75, 3.05) is 0 Å². The van der Waals surface area contributed by atoms with Gasteiger partial charge in [-0.1, -0.05) is 30.3 Å². The van der Waals surface area contributed by atoms with Gasteiger partial charge in [-0.2, -0.15) is 0 Å². The molecule has 118 valence electrons. The Morgan fingerprint density at radius 3 is 2.30 bits per heavy atom. The molecule has 1 unspecified atom stereocenters. The third-order valence-electron chi connectivity index (χ3n) is 4.85. The Morgan fingerprint density at radius 1 is 1.09 bits per heavy atom. The zero-order valence-electron chi connectivity index (χ0n) is 13.4. The van der Waals surface area contributed by atoms with Crippen molar-refractivity contribution >= 4 is 5.91 Å². The first kappa shape index (κ1) is 14.4. The van der Waals surface area contributed by atoms with Gasteiger partial charge in [0.05, 0.1) is 5.56 Å². The van der Waals surface area contributed by atoms with Crippen LogP contribution >= 0.6 is 0 Å². The molecule has 0 saturated heterocycles. The summed E-state index contributed by atoms with van der Waals surface area (Å²) in [5.74, 6) is 1.44. The molecule has 2 aromatic rings.